The van der Waals surface area contributed by atoms with Crippen LogP contribution in [0.3, 0.4) is 0 Å². The van der Waals surface area contributed by atoms with E-state index >= 15 is 0 Å². The first-order chi connectivity index (χ1) is 7.31. The van der Waals surface area contributed by atoms with Crippen LogP contribution in [0.5, 0.6) is 0 Å². The average molecular weight is 222 g/mol. The molecule has 2 bridgehead atoms. The summed E-state index contributed by atoms with van der Waals surface area (Å²) in [6, 6.07) is 1.19. The number of nitrogens with one attached hydrogen (secondary N) is 1. The number of hydrogen-bond acceptors (Lipinski definition) is 3. The van der Waals surface area contributed by atoms with Crippen LogP contribution in [0, 0.1) is 0 Å². The lowest BCUT2D eigenvalue weighted by Crippen LogP contribution is -2.31. The Morgan fingerprint density at radius 3 is 2.80 bits per heavy atom. The van der Waals surface area contributed by atoms with Gasteiger partial charge < -0.3 is 5.32 Å². The standard InChI is InChI=1S/C11H12ClN3/c12-11-13-5-8(6-14-11)7-3-9-1-2-10(4-7)15-9/h3,5-6,9-10,15H,1-2,4H2/t9-,10+/m1/s1. The summed E-state index contributed by atoms with van der Waals surface area (Å²) in [4.78, 5) is 8.04. The Kier molecular flexibility index (Phi) is 2.22. The summed E-state index contributed by atoms with van der Waals surface area (Å²) in [7, 11) is 0. The summed E-state index contributed by atoms with van der Waals surface area (Å²) in [6.45, 7) is 0. The van der Waals surface area contributed by atoms with Gasteiger partial charge in [-0.1, -0.05) is 6.08 Å². The first kappa shape index (κ1) is 9.31. The SMILES string of the molecule is Clc1ncc(C2=C[C@H]3CC[C@@H](C2)N3)cn1. The van der Waals surface area contributed by atoms with Crippen LogP contribution >= 0.6 is 11.6 Å². The first-order valence-electron chi connectivity index (χ1n) is 5.26. The first-order valence-corrected chi connectivity index (χ1v) is 5.64. The van der Waals surface area contributed by atoms with E-state index in [2.05, 4.69) is 21.4 Å². The molecule has 3 nitrogen and oxygen atoms in total. The van der Waals surface area contributed by atoms with E-state index in [1.54, 1.807) is 0 Å². The van der Waals surface area contributed by atoms with Crippen molar-refractivity contribution in [3.8, 4) is 0 Å². The van der Waals surface area contributed by atoms with Gasteiger partial charge in [-0.3, -0.25) is 0 Å². The second kappa shape index (κ2) is 3.58. The van der Waals surface area contributed by atoms with Crippen LogP contribution < -0.4 is 5.32 Å². The maximum absolute atomic E-state index is 5.67. The highest BCUT2D eigenvalue weighted by Gasteiger charge is 2.28. The fourth-order valence-corrected chi connectivity index (χ4v) is 2.51. The molecule has 3 rings (SSSR count). The Labute approximate surface area is 93.6 Å². The van der Waals surface area contributed by atoms with Gasteiger partial charge in [0.2, 0.25) is 5.28 Å². The molecule has 1 N–H and O–H groups in total. The summed E-state index contributed by atoms with van der Waals surface area (Å²) in [6.07, 6.45) is 9.54. The van der Waals surface area contributed by atoms with Crippen molar-refractivity contribution in [3.63, 3.8) is 0 Å². The number of halogens is 1. The largest absolute Gasteiger partial charge is 0.307 e. The summed E-state index contributed by atoms with van der Waals surface area (Å²) in [5.41, 5.74) is 2.47. The summed E-state index contributed by atoms with van der Waals surface area (Å²) in [5, 5.41) is 3.87. The van der Waals surface area contributed by atoms with Gasteiger partial charge in [-0.05, 0) is 36.4 Å². The van der Waals surface area contributed by atoms with Gasteiger partial charge in [-0.2, -0.15) is 0 Å². The smallest absolute Gasteiger partial charge is 0.222 e. The second-order valence-electron chi connectivity index (χ2n) is 4.18. The van der Waals surface area contributed by atoms with Crippen molar-refractivity contribution in [3.05, 3.63) is 29.3 Å². The minimum Gasteiger partial charge on any atom is -0.307 e. The summed E-state index contributed by atoms with van der Waals surface area (Å²) in [5.74, 6) is 0. The molecule has 1 fully saturated rings. The van der Waals surface area contributed by atoms with Gasteiger partial charge in [0.1, 0.15) is 0 Å². The summed E-state index contributed by atoms with van der Waals surface area (Å²) >= 11 is 5.67. The zero-order valence-electron chi connectivity index (χ0n) is 8.28. The third-order valence-electron chi connectivity index (χ3n) is 3.14. The molecule has 0 amide bonds. The lowest BCUT2D eigenvalue weighted by molar-refractivity contribution is 0.575. The average Bonchev–Trinajstić information content (AvgIpc) is 2.59. The Bertz CT molecular complexity index is 399. The molecule has 1 aromatic rings. The van der Waals surface area contributed by atoms with Crippen molar-refractivity contribution in [1.29, 1.82) is 0 Å². The fourth-order valence-electron chi connectivity index (χ4n) is 2.41. The Morgan fingerprint density at radius 2 is 2.07 bits per heavy atom. The number of aromatic nitrogens is 2. The molecule has 2 atom stereocenters. The van der Waals surface area contributed by atoms with Crippen LogP contribution in [0.1, 0.15) is 24.8 Å². The minimum absolute atomic E-state index is 0.316. The number of nitrogens with zero attached hydrogens (tertiary/aromatic N) is 2. The highest BCUT2D eigenvalue weighted by Crippen LogP contribution is 2.31. The number of fused-ring (bicyclic) bond motifs is 2. The van der Waals surface area contributed by atoms with Crippen molar-refractivity contribution in [2.75, 3.05) is 0 Å². The van der Waals surface area contributed by atoms with Crippen molar-refractivity contribution < 1.29 is 0 Å². The minimum atomic E-state index is 0.316. The van der Waals surface area contributed by atoms with E-state index in [4.69, 9.17) is 11.6 Å². The molecule has 0 unspecified atom stereocenters. The van der Waals surface area contributed by atoms with Gasteiger partial charge in [0, 0.05) is 30.0 Å². The van der Waals surface area contributed by atoms with Crippen molar-refractivity contribution in [2.45, 2.75) is 31.3 Å². The van der Waals surface area contributed by atoms with Crippen LogP contribution in [0.25, 0.3) is 5.57 Å². The number of hydrogen-bond donors (Lipinski definition) is 1. The van der Waals surface area contributed by atoms with Gasteiger partial charge >= 0.3 is 0 Å². The van der Waals surface area contributed by atoms with E-state index < -0.39 is 0 Å². The topological polar surface area (TPSA) is 37.8 Å². The van der Waals surface area contributed by atoms with Crippen molar-refractivity contribution in [1.82, 2.24) is 15.3 Å². The van der Waals surface area contributed by atoms with E-state index in [1.807, 2.05) is 12.4 Å². The van der Waals surface area contributed by atoms with Crippen molar-refractivity contribution >= 4 is 17.2 Å². The molecular weight excluding hydrogens is 210 g/mol. The maximum Gasteiger partial charge on any atom is 0.222 e. The van der Waals surface area contributed by atoms with Crippen molar-refractivity contribution in [2.24, 2.45) is 0 Å². The fraction of sp³-hybridized carbons (Fsp3) is 0.455. The summed E-state index contributed by atoms with van der Waals surface area (Å²) < 4.78 is 0. The molecule has 0 spiro atoms. The molecule has 0 aliphatic carbocycles. The normalized spacial score (nSPS) is 29.0. The van der Waals surface area contributed by atoms with Crippen LogP contribution in [0.15, 0.2) is 18.5 Å². The molecule has 2 aliphatic heterocycles. The lowest BCUT2D eigenvalue weighted by Gasteiger charge is -2.21. The molecule has 0 aromatic carbocycles. The quantitative estimate of drug-likeness (QED) is 0.738. The third kappa shape index (κ3) is 1.77. The zero-order valence-corrected chi connectivity index (χ0v) is 9.04. The molecular formula is C11H12ClN3. The van der Waals surface area contributed by atoms with Crippen LogP contribution in [-0.2, 0) is 0 Å². The van der Waals surface area contributed by atoms with Gasteiger partial charge in [-0.25, -0.2) is 9.97 Å². The van der Waals surface area contributed by atoms with Crippen LogP contribution in [0.2, 0.25) is 5.28 Å². The second-order valence-corrected chi connectivity index (χ2v) is 4.52. The van der Waals surface area contributed by atoms with E-state index in [0.717, 1.165) is 12.0 Å². The molecule has 2 aliphatic rings. The van der Waals surface area contributed by atoms with E-state index in [-0.39, 0.29) is 0 Å². The molecule has 78 valence electrons. The van der Waals surface area contributed by atoms with Crippen LogP contribution in [-0.4, -0.2) is 22.1 Å². The van der Waals surface area contributed by atoms with E-state index in [1.165, 1.54) is 18.4 Å². The highest BCUT2D eigenvalue weighted by atomic mass is 35.5. The Hall–Kier alpha value is -0.930. The molecule has 3 heterocycles. The Balaban J connectivity index is 1.91. The Morgan fingerprint density at radius 1 is 1.27 bits per heavy atom. The van der Waals surface area contributed by atoms with Gasteiger partial charge in [0.25, 0.3) is 0 Å². The molecule has 4 heteroatoms. The number of rotatable bonds is 1. The highest BCUT2D eigenvalue weighted by molar-refractivity contribution is 6.28. The molecule has 0 radical (unpaired) electrons. The lowest BCUT2D eigenvalue weighted by atomic mass is 9.98. The third-order valence-corrected chi connectivity index (χ3v) is 3.33. The maximum atomic E-state index is 5.67. The molecule has 1 saturated heterocycles. The monoisotopic (exact) mass is 221 g/mol. The predicted octanol–water partition coefficient (Wildman–Crippen LogP) is 2.04. The molecule has 0 saturated carbocycles. The molecule has 15 heavy (non-hydrogen) atoms. The van der Waals surface area contributed by atoms with Gasteiger partial charge in [-0.15, -0.1) is 0 Å². The van der Waals surface area contributed by atoms with E-state index in [0.29, 0.717) is 17.4 Å². The van der Waals surface area contributed by atoms with Crippen LogP contribution in [0.4, 0.5) is 0 Å². The van der Waals surface area contributed by atoms with Gasteiger partial charge in [0.05, 0.1) is 0 Å². The molecule has 1 aromatic heterocycles. The zero-order chi connectivity index (χ0) is 10.3. The van der Waals surface area contributed by atoms with Gasteiger partial charge in [0.15, 0.2) is 0 Å². The van der Waals surface area contributed by atoms with E-state index in [9.17, 15) is 0 Å². The predicted molar refractivity (Wildman–Crippen MR) is 59.6 cm³/mol.